The highest BCUT2D eigenvalue weighted by Gasteiger charge is 2.46. The molecule has 1 aromatic heterocycles. The maximum absolute atomic E-state index is 12.8. The van der Waals surface area contributed by atoms with Crippen LogP contribution < -0.4 is 16.3 Å². The van der Waals surface area contributed by atoms with Crippen LogP contribution in [0.5, 0.6) is 0 Å². The highest BCUT2D eigenvalue weighted by Crippen LogP contribution is 2.45. The number of nitrogens with zero attached hydrogens (tertiary/aromatic N) is 2. The number of methoxy groups -OCH3 is 1. The fourth-order valence-electron chi connectivity index (χ4n) is 2.53. The number of aromatic amines is 1. The normalized spacial score (nSPS) is 27.3. The Labute approximate surface area is 164 Å². The van der Waals surface area contributed by atoms with E-state index in [1.54, 1.807) is 6.92 Å². The van der Waals surface area contributed by atoms with Gasteiger partial charge in [-0.05, 0) is 13.8 Å². The Balaban J connectivity index is 2.10. The highest BCUT2D eigenvalue weighted by molar-refractivity contribution is 7.51. The SMILES string of the molecule is CCOP(=O)(NC(C)C(=O)OC)OC[C@H]1O[C@@H](n2ncc(=O)[nH]c2=O)[C@H](O)[C@@H]1O. The van der Waals surface area contributed by atoms with Crippen molar-refractivity contribution < 1.29 is 38.1 Å². The minimum absolute atomic E-state index is 0.0197. The average Bonchev–Trinajstić information content (AvgIpc) is 2.94. The third-order valence-corrected chi connectivity index (χ3v) is 5.72. The van der Waals surface area contributed by atoms with Crippen molar-refractivity contribution in [1.29, 1.82) is 0 Å². The average molecular weight is 438 g/mol. The van der Waals surface area contributed by atoms with Crippen LogP contribution in [-0.4, -0.2) is 75.6 Å². The molecule has 164 valence electrons. The molecule has 6 atom stereocenters. The van der Waals surface area contributed by atoms with Gasteiger partial charge in [-0.2, -0.15) is 9.78 Å². The molecule has 0 bridgehead atoms. The van der Waals surface area contributed by atoms with Gasteiger partial charge in [0.05, 0.1) is 20.3 Å². The molecule has 1 saturated heterocycles. The maximum Gasteiger partial charge on any atom is 0.406 e. The van der Waals surface area contributed by atoms with Crippen LogP contribution in [0, 0.1) is 0 Å². The lowest BCUT2D eigenvalue weighted by Crippen LogP contribution is -2.39. The number of hydrogen-bond acceptors (Lipinski definition) is 11. The van der Waals surface area contributed by atoms with Crippen LogP contribution in [0.2, 0.25) is 0 Å². The van der Waals surface area contributed by atoms with Crippen molar-refractivity contribution in [2.45, 2.75) is 44.4 Å². The first-order valence-corrected chi connectivity index (χ1v) is 10.1. The van der Waals surface area contributed by atoms with Crippen molar-refractivity contribution in [3.63, 3.8) is 0 Å². The first-order valence-electron chi connectivity index (χ1n) is 8.56. The van der Waals surface area contributed by atoms with Gasteiger partial charge in [-0.25, -0.2) is 14.4 Å². The van der Waals surface area contributed by atoms with E-state index in [2.05, 4.69) is 14.9 Å². The zero-order chi connectivity index (χ0) is 21.8. The number of carbonyl (C=O) groups excluding carboxylic acids is 1. The van der Waals surface area contributed by atoms with Gasteiger partial charge in [0.15, 0.2) is 6.23 Å². The molecular formula is C14H23N4O10P. The van der Waals surface area contributed by atoms with Crippen LogP contribution in [0.25, 0.3) is 0 Å². The summed E-state index contributed by atoms with van der Waals surface area (Å²) in [5.41, 5.74) is -1.70. The number of rotatable bonds is 9. The van der Waals surface area contributed by atoms with Crippen LogP contribution >= 0.6 is 7.75 Å². The van der Waals surface area contributed by atoms with Crippen LogP contribution in [0.3, 0.4) is 0 Å². The third kappa shape index (κ3) is 5.57. The number of nitrogens with one attached hydrogen (secondary N) is 2. The molecule has 1 aliphatic heterocycles. The number of ether oxygens (including phenoxy) is 2. The minimum Gasteiger partial charge on any atom is -0.468 e. The van der Waals surface area contributed by atoms with Gasteiger partial charge in [-0.1, -0.05) is 0 Å². The molecular weight excluding hydrogens is 415 g/mol. The number of aliphatic hydroxyl groups excluding tert-OH is 2. The number of carbonyl (C=O) groups is 1. The van der Waals surface area contributed by atoms with Crippen LogP contribution in [0.15, 0.2) is 15.8 Å². The molecule has 29 heavy (non-hydrogen) atoms. The van der Waals surface area contributed by atoms with Gasteiger partial charge >= 0.3 is 19.4 Å². The number of aliphatic hydroxyl groups is 2. The standard InChI is InChI=1S/C14H23N4O10P/c1-4-26-29(24,17-7(2)13(22)25-3)27-6-8-10(20)11(21)12(28-8)18-14(23)16-9(19)5-15-18/h5,7-8,10-12,20-21H,4,6H2,1-3H3,(H,17,24)(H,16,19,23)/t7?,8-,10-,11-,12-,29?/m1/s1. The Kier molecular flexibility index (Phi) is 7.82. The van der Waals surface area contributed by atoms with Crippen molar-refractivity contribution in [3.8, 4) is 0 Å². The van der Waals surface area contributed by atoms with Crippen LogP contribution in [-0.2, 0) is 27.9 Å². The predicted octanol–water partition coefficient (Wildman–Crippen LogP) is -2.14. The molecule has 0 spiro atoms. The summed E-state index contributed by atoms with van der Waals surface area (Å²) >= 11 is 0. The quantitative estimate of drug-likeness (QED) is 0.242. The monoisotopic (exact) mass is 438 g/mol. The topological polar surface area (TPSA) is 191 Å². The summed E-state index contributed by atoms with van der Waals surface area (Å²) in [5.74, 6) is -0.704. The second-order valence-corrected chi connectivity index (χ2v) is 7.78. The van der Waals surface area contributed by atoms with E-state index in [1.165, 1.54) is 6.92 Å². The third-order valence-electron chi connectivity index (χ3n) is 3.93. The van der Waals surface area contributed by atoms with Crippen molar-refractivity contribution in [2.75, 3.05) is 20.3 Å². The summed E-state index contributed by atoms with van der Waals surface area (Å²) in [6, 6.07) is -1.02. The number of H-pyrrole nitrogens is 1. The first kappa shape index (κ1) is 23.3. The molecule has 1 aliphatic rings. The predicted molar refractivity (Wildman–Crippen MR) is 94.8 cm³/mol. The minimum atomic E-state index is -4.00. The van der Waals surface area contributed by atoms with Gasteiger partial charge in [0.2, 0.25) is 0 Å². The van der Waals surface area contributed by atoms with E-state index in [-0.39, 0.29) is 6.61 Å². The van der Waals surface area contributed by atoms with Gasteiger partial charge in [-0.15, -0.1) is 0 Å². The molecule has 0 aliphatic carbocycles. The summed E-state index contributed by atoms with van der Waals surface area (Å²) < 4.78 is 33.6. The van der Waals surface area contributed by atoms with Crippen molar-refractivity contribution in [1.82, 2.24) is 19.9 Å². The molecule has 1 fully saturated rings. The summed E-state index contributed by atoms with van der Waals surface area (Å²) in [4.78, 5) is 36.4. The molecule has 4 N–H and O–H groups in total. The Morgan fingerprint density at radius 3 is 2.69 bits per heavy atom. The Morgan fingerprint density at radius 1 is 1.41 bits per heavy atom. The lowest BCUT2D eigenvalue weighted by molar-refractivity contribution is -0.142. The van der Waals surface area contributed by atoms with E-state index in [4.69, 9.17) is 13.8 Å². The van der Waals surface area contributed by atoms with Gasteiger partial charge in [-0.3, -0.25) is 23.6 Å². The van der Waals surface area contributed by atoms with Crippen LogP contribution in [0.1, 0.15) is 20.1 Å². The molecule has 2 unspecified atom stereocenters. The Hall–Kier alpha value is -1.93. The summed E-state index contributed by atoms with van der Waals surface area (Å²) in [5, 5.41) is 26.3. The van der Waals surface area contributed by atoms with E-state index in [0.717, 1.165) is 13.3 Å². The first-order chi connectivity index (χ1) is 13.6. The number of esters is 1. The van der Waals surface area contributed by atoms with Gasteiger partial charge < -0.3 is 19.7 Å². The molecule has 2 rings (SSSR count). The fraction of sp³-hybridized carbons (Fsp3) is 0.714. The Morgan fingerprint density at radius 2 is 2.10 bits per heavy atom. The van der Waals surface area contributed by atoms with Crippen molar-refractivity contribution >= 4 is 13.7 Å². The van der Waals surface area contributed by atoms with E-state index >= 15 is 0 Å². The van der Waals surface area contributed by atoms with E-state index in [0.29, 0.717) is 4.68 Å². The van der Waals surface area contributed by atoms with E-state index in [1.807, 2.05) is 4.98 Å². The molecule has 2 heterocycles. The van der Waals surface area contributed by atoms with Crippen molar-refractivity contribution in [2.24, 2.45) is 0 Å². The zero-order valence-electron chi connectivity index (χ0n) is 15.9. The largest absolute Gasteiger partial charge is 0.468 e. The molecule has 0 saturated carbocycles. The molecule has 0 aromatic carbocycles. The maximum atomic E-state index is 12.8. The molecule has 0 radical (unpaired) electrons. The molecule has 15 heteroatoms. The zero-order valence-corrected chi connectivity index (χ0v) is 16.8. The smallest absolute Gasteiger partial charge is 0.406 e. The van der Waals surface area contributed by atoms with Gasteiger partial charge in [0.25, 0.3) is 5.56 Å². The lowest BCUT2D eigenvalue weighted by Gasteiger charge is -2.23. The fourth-order valence-corrected chi connectivity index (χ4v) is 4.02. The van der Waals surface area contributed by atoms with E-state index in [9.17, 15) is 29.2 Å². The second kappa shape index (κ2) is 9.71. The number of hydrogen-bond donors (Lipinski definition) is 4. The molecule has 1 aromatic rings. The van der Waals surface area contributed by atoms with Gasteiger partial charge in [0.1, 0.15) is 30.6 Å². The number of aromatic nitrogens is 3. The van der Waals surface area contributed by atoms with Crippen molar-refractivity contribution in [3.05, 3.63) is 27.0 Å². The molecule has 0 amide bonds. The summed E-state index contributed by atoms with van der Waals surface area (Å²) in [6.07, 6.45) is -4.97. The second-order valence-electron chi connectivity index (χ2n) is 6.01. The van der Waals surface area contributed by atoms with Crippen LogP contribution in [0.4, 0.5) is 0 Å². The summed E-state index contributed by atoms with van der Waals surface area (Å²) in [6.45, 7) is 2.39. The lowest BCUT2D eigenvalue weighted by atomic mass is 10.1. The van der Waals surface area contributed by atoms with Gasteiger partial charge in [0, 0.05) is 0 Å². The summed E-state index contributed by atoms with van der Waals surface area (Å²) in [7, 11) is -2.85. The van der Waals surface area contributed by atoms with E-state index < -0.39 is 62.2 Å². The molecule has 14 nitrogen and oxygen atoms in total. The Bertz CT molecular complexity index is 872. The highest BCUT2D eigenvalue weighted by atomic mass is 31.2.